The van der Waals surface area contributed by atoms with Crippen LogP contribution in [-0.2, 0) is 19.6 Å². The van der Waals surface area contributed by atoms with E-state index in [9.17, 15) is 0 Å². The minimum atomic E-state index is 0. The van der Waals surface area contributed by atoms with Crippen molar-refractivity contribution in [3.63, 3.8) is 0 Å². The molecule has 0 fully saturated rings. The molecule has 0 saturated heterocycles. The molecule has 150 valence electrons. The zero-order chi connectivity index (χ0) is 19.2. The van der Waals surface area contributed by atoms with Crippen molar-refractivity contribution in [3.05, 3.63) is 69.2 Å². The summed E-state index contributed by atoms with van der Waals surface area (Å²) in [6, 6.07) is 8.58. The van der Waals surface area contributed by atoms with Gasteiger partial charge in [-0.05, 0) is 31.9 Å². The molecule has 6 nitrogen and oxygen atoms in total. The predicted octanol–water partition coefficient (Wildman–Crippen LogP) is 3.80. The third-order valence-electron chi connectivity index (χ3n) is 4.37. The Morgan fingerprint density at radius 3 is 2.54 bits per heavy atom. The third-order valence-corrected chi connectivity index (χ3v) is 5.44. The minimum absolute atomic E-state index is 0. The molecule has 3 rings (SSSR count). The number of guanidine groups is 1. The van der Waals surface area contributed by atoms with E-state index in [4.69, 9.17) is 0 Å². The van der Waals surface area contributed by atoms with Gasteiger partial charge in [0.2, 0.25) is 0 Å². The Balaban J connectivity index is 0.00000280. The lowest BCUT2D eigenvalue weighted by Crippen LogP contribution is -2.36. The maximum atomic E-state index is 4.47. The summed E-state index contributed by atoms with van der Waals surface area (Å²) in [5, 5.41) is 7.84. The number of aromatic nitrogens is 3. The number of hydrogen-bond donors (Lipinski definition) is 2. The third kappa shape index (κ3) is 6.03. The van der Waals surface area contributed by atoms with Crippen molar-refractivity contribution in [1.29, 1.82) is 0 Å². The Hall–Kier alpha value is -1.94. The van der Waals surface area contributed by atoms with Gasteiger partial charge in [-0.2, -0.15) is 0 Å². The van der Waals surface area contributed by atoms with Crippen molar-refractivity contribution in [2.75, 3.05) is 7.05 Å². The topological polar surface area (TPSA) is 67.1 Å². The largest absolute Gasteiger partial charge is 0.352 e. The highest BCUT2D eigenvalue weighted by atomic mass is 127. The number of rotatable bonds is 6. The Morgan fingerprint density at radius 1 is 1.14 bits per heavy atom. The van der Waals surface area contributed by atoms with Gasteiger partial charge in [-0.1, -0.05) is 24.3 Å². The van der Waals surface area contributed by atoms with E-state index in [0.29, 0.717) is 0 Å². The molecule has 0 radical (unpaired) electrons. The Morgan fingerprint density at radius 2 is 1.89 bits per heavy atom. The maximum absolute atomic E-state index is 4.47. The molecular formula is C20H27IN6S. The number of nitrogens with one attached hydrogen (secondary N) is 2. The monoisotopic (exact) mass is 510 g/mol. The van der Waals surface area contributed by atoms with Gasteiger partial charge < -0.3 is 15.2 Å². The maximum Gasteiger partial charge on any atom is 0.191 e. The van der Waals surface area contributed by atoms with Gasteiger partial charge in [0.1, 0.15) is 5.82 Å². The van der Waals surface area contributed by atoms with Gasteiger partial charge in [0.15, 0.2) is 5.96 Å². The van der Waals surface area contributed by atoms with Crippen LogP contribution in [0.5, 0.6) is 0 Å². The second kappa shape index (κ2) is 10.6. The summed E-state index contributed by atoms with van der Waals surface area (Å²) in [5.41, 5.74) is 3.56. The van der Waals surface area contributed by atoms with Crippen LogP contribution >= 0.6 is 35.3 Å². The van der Waals surface area contributed by atoms with Crippen LogP contribution < -0.4 is 10.6 Å². The highest BCUT2D eigenvalue weighted by molar-refractivity contribution is 14.0. The van der Waals surface area contributed by atoms with E-state index in [-0.39, 0.29) is 24.0 Å². The van der Waals surface area contributed by atoms with Crippen LogP contribution in [0.25, 0.3) is 0 Å². The second-order valence-electron chi connectivity index (χ2n) is 6.44. The van der Waals surface area contributed by atoms with Gasteiger partial charge in [-0.25, -0.2) is 9.97 Å². The van der Waals surface area contributed by atoms with E-state index in [0.717, 1.165) is 42.1 Å². The number of nitrogens with zero attached hydrogens (tertiary/aromatic N) is 4. The van der Waals surface area contributed by atoms with Gasteiger partial charge >= 0.3 is 0 Å². The van der Waals surface area contributed by atoms with E-state index in [1.807, 2.05) is 33.2 Å². The van der Waals surface area contributed by atoms with E-state index in [2.05, 4.69) is 54.4 Å². The summed E-state index contributed by atoms with van der Waals surface area (Å²) in [6.45, 7) is 8.38. The molecule has 2 heterocycles. The number of thiazole rings is 1. The lowest BCUT2D eigenvalue weighted by Gasteiger charge is -2.12. The first-order valence-corrected chi connectivity index (χ1v) is 9.80. The number of halogens is 1. The molecule has 2 N–H and O–H groups in total. The highest BCUT2D eigenvalue weighted by Gasteiger charge is 2.06. The first kappa shape index (κ1) is 22.4. The van der Waals surface area contributed by atoms with Gasteiger partial charge in [-0.15, -0.1) is 35.3 Å². The fourth-order valence-electron chi connectivity index (χ4n) is 2.91. The zero-order valence-corrected chi connectivity index (χ0v) is 19.8. The van der Waals surface area contributed by atoms with E-state index in [1.54, 1.807) is 18.4 Å². The molecule has 0 aliphatic heterocycles. The molecule has 28 heavy (non-hydrogen) atoms. The quantitative estimate of drug-likeness (QED) is 0.301. The van der Waals surface area contributed by atoms with Crippen LogP contribution in [0.1, 0.15) is 32.5 Å². The summed E-state index contributed by atoms with van der Waals surface area (Å²) < 4.78 is 2.15. The van der Waals surface area contributed by atoms with Crippen molar-refractivity contribution >= 4 is 41.3 Å². The predicted molar refractivity (Wildman–Crippen MR) is 127 cm³/mol. The van der Waals surface area contributed by atoms with Crippen molar-refractivity contribution in [3.8, 4) is 0 Å². The van der Waals surface area contributed by atoms with Crippen LogP contribution in [0, 0.1) is 20.8 Å². The Labute approximate surface area is 187 Å². The van der Waals surface area contributed by atoms with Gasteiger partial charge in [0.05, 0.1) is 17.2 Å². The zero-order valence-electron chi connectivity index (χ0n) is 16.7. The molecule has 0 amide bonds. The van der Waals surface area contributed by atoms with Crippen LogP contribution in [0.2, 0.25) is 0 Å². The van der Waals surface area contributed by atoms with Gasteiger partial charge in [-0.3, -0.25) is 4.99 Å². The molecule has 8 heteroatoms. The molecule has 0 aliphatic rings. The molecular weight excluding hydrogens is 483 g/mol. The Bertz CT molecular complexity index is 930. The standard InChI is InChI=1S/C20H26N6S.HI/c1-14-19(27-16(3)25-14)12-24-20(21-4)23-11-17-6-5-7-18(10-17)13-26-9-8-22-15(26)2;/h5-10H,11-13H2,1-4H3,(H2,21,23,24);1H. The average Bonchev–Trinajstić information content (AvgIpc) is 3.20. The molecule has 0 aliphatic carbocycles. The summed E-state index contributed by atoms with van der Waals surface area (Å²) in [6.07, 6.45) is 3.85. The summed E-state index contributed by atoms with van der Waals surface area (Å²) in [5.74, 6) is 1.81. The SMILES string of the molecule is CN=C(NCc1cccc(Cn2ccnc2C)c1)NCc1sc(C)nc1C.I. The van der Waals surface area contributed by atoms with Crippen LogP contribution in [0.4, 0.5) is 0 Å². The molecule has 3 aromatic rings. The van der Waals surface area contributed by atoms with Crippen LogP contribution in [0.3, 0.4) is 0 Å². The number of benzene rings is 1. The normalized spacial score (nSPS) is 11.2. The van der Waals surface area contributed by atoms with Crippen molar-refractivity contribution in [1.82, 2.24) is 25.2 Å². The van der Waals surface area contributed by atoms with Crippen molar-refractivity contribution in [2.24, 2.45) is 4.99 Å². The van der Waals surface area contributed by atoms with Crippen molar-refractivity contribution in [2.45, 2.75) is 40.4 Å². The van der Waals surface area contributed by atoms with Crippen LogP contribution in [0.15, 0.2) is 41.7 Å². The molecule has 0 saturated carbocycles. The van der Waals surface area contributed by atoms with Crippen molar-refractivity contribution < 1.29 is 0 Å². The first-order valence-electron chi connectivity index (χ1n) is 8.98. The summed E-state index contributed by atoms with van der Waals surface area (Å²) >= 11 is 1.72. The molecule has 0 spiro atoms. The van der Waals surface area contributed by atoms with E-state index < -0.39 is 0 Å². The molecule has 1 aromatic carbocycles. The second-order valence-corrected chi connectivity index (χ2v) is 7.73. The number of imidazole rings is 1. The van der Waals surface area contributed by atoms with E-state index in [1.165, 1.54) is 16.0 Å². The lowest BCUT2D eigenvalue weighted by molar-refractivity contribution is 0.758. The highest BCUT2D eigenvalue weighted by Crippen LogP contribution is 2.16. The molecule has 0 unspecified atom stereocenters. The smallest absolute Gasteiger partial charge is 0.191 e. The Kier molecular flexibility index (Phi) is 8.43. The summed E-state index contributed by atoms with van der Waals surface area (Å²) in [7, 11) is 1.79. The lowest BCUT2D eigenvalue weighted by atomic mass is 10.1. The van der Waals surface area contributed by atoms with E-state index >= 15 is 0 Å². The van der Waals surface area contributed by atoms with Gasteiger partial charge in [0, 0.05) is 37.4 Å². The van der Waals surface area contributed by atoms with Crippen LogP contribution in [-0.4, -0.2) is 27.5 Å². The van der Waals surface area contributed by atoms with Gasteiger partial charge in [0.25, 0.3) is 0 Å². The number of hydrogen-bond acceptors (Lipinski definition) is 4. The average molecular weight is 510 g/mol. The fourth-order valence-corrected chi connectivity index (χ4v) is 3.79. The number of aliphatic imine (C=N–C) groups is 1. The summed E-state index contributed by atoms with van der Waals surface area (Å²) in [4.78, 5) is 14.3. The molecule has 0 bridgehead atoms. The minimum Gasteiger partial charge on any atom is -0.352 e. The fraction of sp³-hybridized carbons (Fsp3) is 0.350. The molecule has 0 atom stereocenters. The number of aryl methyl sites for hydroxylation is 3. The molecule has 2 aromatic heterocycles. The first-order chi connectivity index (χ1) is 13.0.